The van der Waals surface area contributed by atoms with Crippen LogP contribution in [0.4, 0.5) is 11.9 Å². The van der Waals surface area contributed by atoms with E-state index >= 15 is 0 Å². The van der Waals surface area contributed by atoms with Crippen LogP contribution in [0.3, 0.4) is 0 Å². The number of aromatic nitrogens is 5. The maximum atomic E-state index is 4.59. The standard InChI is InChI=1S/C16H21N7/c1-10(2)17-14-19-15(18-11(3)4)23-13(21-22-16(23)20-14)12-8-6-5-7-9-12/h5-11H,1-4H3,(H2,17,18,19,20,22). The summed E-state index contributed by atoms with van der Waals surface area (Å²) in [4.78, 5) is 9.05. The van der Waals surface area contributed by atoms with Gasteiger partial charge in [-0.05, 0) is 27.7 Å². The predicted octanol–water partition coefficient (Wildman–Crippen LogP) is 2.83. The predicted molar refractivity (Wildman–Crippen MR) is 91.5 cm³/mol. The van der Waals surface area contributed by atoms with Crippen molar-refractivity contribution in [1.82, 2.24) is 24.6 Å². The molecule has 0 spiro atoms. The minimum Gasteiger partial charge on any atom is -0.353 e. The van der Waals surface area contributed by atoms with Crippen molar-refractivity contribution in [3.8, 4) is 11.4 Å². The van der Waals surface area contributed by atoms with Crippen molar-refractivity contribution < 1.29 is 0 Å². The normalized spacial score (nSPS) is 11.4. The second-order valence-electron chi connectivity index (χ2n) is 5.99. The largest absolute Gasteiger partial charge is 0.353 e. The van der Waals surface area contributed by atoms with Crippen LogP contribution in [-0.2, 0) is 0 Å². The van der Waals surface area contributed by atoms with Gasteiger partial charge in [-0.1, -0.05) is 30.3 Å². The smallest absolute Gasteiger partial charge is 0.261 e. The molecule has 0 aliphatic rings. The monoisotopic (exact) mass is 311 g/mol. The first kappa shape index (κ1) is 15.2. The quantitative estimate of drug-likeness (QED) is 0.754. The van der Waals surface area contributed by atoms with E-state index in [0.717, 1.165) is 11.4 Å². The van der Waals surface area contributed by atoms with Gasteiger partial charge in [0.25, 0.3) is 5.78 Å². The Hall–Kier alpha value is -2.70. The van der Waals surface area contributed by atoms with E-state index in [4.69, 9.17) is 0 Å². The molecule has 0 bridgehead atoms. The van der Waals surface area contributed by atoms with Gasteiger partial charge < -0.3 is 10.6 Å². The second-order valence-corrected chi connectivity index (χ2v) is 5.99. The van der Waals surface area contributed by atoms with E-state index in [2.05, 4.69) is 44.6 Å². The van der Waals surface area contributed by atoms with E-state index in [1.807, 2.05) is 48.6 Å². The van der Waals surface area contributed by atoms with Crippen molar-refractivity contribution in [3.05, 3.63) is 30.3 Å². The molecule has 2 N–H and O–H groups in total. The molecule has 3 rings (SSSR count). The van der Waals surface area contributed by atoms with Crippen molar-refractivity contribution in [1.29, 1.82) is 0 Å². The summed E-state index contributed by atoms with van der Waals surface area (Å²) in [7, 11) is 0. The van der Waals surface area contributed by atoms with Gasteiger partial charge in [0.2, 0.25) is 11.9 Å². The highest BCUT2D eigenvalue weighted by Crippen LogP contribution is 2.22. The number of nitrogens with one attached hydrogen (secondary N) is 2. The van der Waals surface area contributed by atoms with E-state index < -0.39 is 0 Å². The summed E-state index contributed by atoms with van der Waals surface area (Å²) >= 11 is 0. The highest BCUT2D eigenvalue weighted by molar-refractivity contribution is 5.61. The molecule has 0 saturated heterocycles. The third-order valence-electron chi connectivity index (χ3n) is 3.14. The fraction of sp³-hybridized carbons (Fsp3) is 0.375. The van der Waals surface area contributed by atoms with Gasteiger partial charge in [0.1, 0.15) is 0 Å². The molecule has 120 valence electrons. The van der Waals surface area contributed by atoms with Crippen LogP contribution in [0.1, 0.15) is 27.7 Å². The Morgan fingerprint density at radius 1 is 0.870 bits per heavy atom. The number of hydrogen-bond donors (Lipinski definition) is 2. The molecular formula is C16H21N7. The third kappa shape index (κ3) is 3.23. The lowest BCUT2D eigenvalue weighted by atomic mass is 10.2. The molecule has 0 aliphatic carbocycles. The number of anilines is 2. The molecule has 0 aliphatic heterocycles. The van der Waals surface area contributed by atoms with Crippen LogP contribution in [0.25, 0.3) is 17.2 Å². The highest BCUT2D eigenvalue weighted by atomic mass is 15.4. The summed E-state index contributed by atoms with van der Waals surface area (Å²) in [6.45, 7) is 8.22. The van der Waals surface area contributed by atoms with Gasteiger partial charge in [0.05, 0.1) is 0 Å². The maximum Gasteiger partial charge on any atom is 0.261 e. The van der Waals surface area contributed by atoms with Gasteiger partial charge in [-0.3, -0.25) is 0 Å². The van der Waals surface area contributed by atoms with E-state index in [1.165, 1.54) is 0 Å². The first-order valence-corrected chi connectivity index (χ1v) is 7.76. The van der Waals surface area contributed by atoms with Crippen LogP contribution in [-0.4, -0.2) is 36.6 Å². The second kappa shape index (κ2) is 6.20. The fourth-order valence-electron chi connectivity index (χ4n) is 2.27. The molecule has 2 heterocycles. The summed E-state index contributed by atoms with van der Waals surface area (Å²) in [6.07, 6.45) is 0. The minimum atomic E-state index is 0.228. The van der Waals surface area contributed by atoms with Crippen molar-refractivity contribution in [2.24, 2.45) is 0 Å². The van der Waals surface area contributed by atoms with Crippen LogP contribution in [0.2, 0.25) is 0 Å². The molecule has 2 aromatic heterocycles. The van der Waals surface area contributed by atoms with Crippen LogP contribution in [0, 0.1) is 0 Å². The molecule has 7 heteroatoms. The molecule has 7 nitrogen and oxygen atoms in total. The zero-order chi connectivity index (χ0) is 16.4. The van der Waals surface area contributed by atoms with Gasteiger partial charge in [0, 0.05) is 17.6 Å². The number of hydrogen-bond acceptors (Lipinski definition) is 6. The molecule has 3 aromatic rings. The van der Waals surface area contributed by atoms with Gasteiger partial charge in [-0.15, -0.1) is 10.2 Å². The highest BCUT2D eigenvalue weighted by Gasteiger charge is 2.16. The van der Waals surface area contributed by atoms with Crippen molar-refractivity contribution in [2.75, 3.05) is 10.6 Å². The summed E-state index contributed by atoms with van der Waals surface area (Å²) < 4.78 is 1.85. The van der Waals surface area contributed by atoms with Gasteiger partial charge in [0.15, 0.2) is 5.82 Å². The molecule has 0 amide bonds. The SMILES string of the molecule is CC(C)Nc1nc(NC(C)C)n2c(-c3ccccc3)nnc2n1. The van der Waals surface area contributed by atoms with E-state index in [0.29, 0.717) is 17.7 Å². The third-order valence-corrected chi connectivity index (χ3v) is 3.14. The lowest BCUT2D eigenvalue weighted by Crippen LogP contribution is -2.19. The summed E-state index contributed by atoms with van der Waals surface area (Å²) in [6, 6.07) is 10.4. The van der Waals surface area contributed by atoms with Crippen molar-refractivity contribution >= 4 is 17.7 Å². The Kier molecular flexibility index (Phi) is 4.10. The lowest BCUT2D eigenvalue weighted by Gasteiger charge is -2.14. The summed E-state index contributed by atoms with van der Waals surface area (Å²) in [5, 5.41) is 15.1. The molecule has 0 radical (unpaired) electrons. The first-order chi connectivity index (χ1) is 11.0. The van der Waals surface area contributed by atoms with E-state index in [-0.39, 0.29) is 12.1 Å². The molecule has 0 saturated carbocycles. The van der Waals surface area contributed by atoms with E-state index in [1.54, 1.807) is 0 Å². The number of benzene rings is 1. The lowest BCUT2D eigenvalue weighted by molar-refractivity contribution is 0.840. The fourth-order valence-corrected chi connectivity index (χ4v) is 2.27. The topological polar surface area (TPSA) is 80.0 Å². The molecule has 0 atom stereocenters. The number of nitrogens with zero attached hydrogens (tertiary/aromatic N) is 5. The Balaban J connectivity index is 2.17. The molecule has 23 heavy (non-hydrogen) atoms. The number of fused-ring (bicyclic) bond motifs is 1. The minimum absolute atomic E-state index is 0.228. The average molecular weight is 311 g/mol. The van der Waals surface area contributed by atoms with E-state index in [9.17, 15) is 0 Å². The van der Waals surface area contributed by atoms with Crippen LogP contribution < -0.4 is 10.6 Å². The van der Waals surface area contributed by atoms with Crippen LogP contribution >= 0.6 is 0 Å². The van der Waals surface area contributed by atoms with Crippen LogP contribution in [0.5, 0.6) is 0 Å². The summed E-state index contributed by atoms with van der Waals surface area (Å²) in [5.41, 5.74) is 0.972. The van der Waals surface area contributed by atoms with Gasteiger partial charge in [-0.25, -0.2) is 4.40 Å². The Morgan fingerprint density at radius 3 is 2.22 bits per heavy atom. The molecule has 1 aromatic carbocycles. The Labute approximate surface area is 135 Å². The Bertz CT molecular complexity index is 793. The number of rotatable bonds is 5. The first-order valence-electron chi connectivity index (χ1n) is 7.76. The van der Waals surface area contributed by atoms with Crippen LogP contribution in [0.15, 0.2) is 30.3 Å². The molecular weight excluding hydrogens is 290 g/mol. The zero-order valence-corrected chi connectivity index (χ0v) is 13.8. The summed E-state index contributed by atoms with van der Waals surface area (Å²) in [5.74, 6) is 2.46. The Morgan fingerprint density at radius 2 is 1.57 bits per heavy atom. The molecule has 0 unspecified atom stereocenters. The molecule has 0 fully saturated rings. The van der Waals surface area contributed by atoms with Gasteiger partial charge >= 0.3 is 0 Å². The van der Waals surface area contributed by atoms with Crippen molar-refractivity contribution in [3.63, 3.8) is 0 Å². The van der Waals surface area contributed by atoms with Crippen molar-refractivity contribution in [2.45, 2.75) is 39.8 Å². The van der Waals surface area contributed by atoms with Gasteiger partial charge in [-0.2, -0.15) is 9.97 Å². The maximum absolute atomic E-state index is 4.59. The zero-order valence-electron chi connectivity index (χ0n) is 13.8. The average Bonchev–Trinajstić information content (AvgIpc) is 2.91.